The lowest BCUT2D eigenvalue weighted by Gasteiger charge is -2.15. The largest absolute Gasteiger partial charge is 0.393 e. The average molecular weight is 344 g/mol. The number of nitrogens with one attached hydrogen (secondary N) is 2. The van der Waals surface area contributed by atoms with Crippen molar-refractivity contribution in [1.82, 2.24) is 15.1 Å². The Kier molecular flexibility index (Phi) is 6.58. The van der Waals surface area contributed by atoms with E-state index < -0.39 is 0 Å². The third kappa shape index (κ3) is 6.23. The first-order valence-electron chi connectivity index (χ1n) is 8.66. The lowest BCUT2D eigenvalue weighted by atomic mass is 10.1. The molecule has 0 aliphatic carbocycles. The van der Waals surface area contributed by atoms with Gasteiger partial charge in [-0.2, -0.15) is 5.10 Å². The fourth-order valence-electron chi connectivity index (χ4n) is 2.86. The maximum Gasteiger partial charge on any atom is 0.319 e. The molecule has 2 atom stereocenters. The molecule has 6 nitrogen and oxygen atoms in total. The van der Waals surface area contributed by atoms with E-state index in [-0.39, 0.29) is 18.1 Å². The van der Waals surface area contributed by atoms with E-state index in [9.17, 15) is 9.90 Å². The van der Waals surface area contributed by atoms with Gasteiger partial charge in [0.25, 0.3) is 0 Å². The highest BCUT2D eigenvalue weighted by molar-refractivity contribution is 5.89. The number of rotatable bonds is 7. The number of aliphatic hydroxyl groups excluding tert-OH is 1. The molecule has 2 amide bonds. The SMILES string of the molecule is Cc1cc(C)n(Cc2cccc(NC(=O)NCC(C)CC(C)O)c2)n1. The van der Waals surface area contributed by atoms with Crippen LogP contribution in [0.5, 0.6) is 0 Å². The molecule has 1 heterocycles. The molecular formula is C19H28N4O2. The van der Waals surface area contributed by atoms with Crippen LogP contribution in [-0.2, 0) is 6.54 Å². The molecule has 0 radical (unpaired) electrons. The van der Waals surface area contributed by atoms with E-state index in [1.807, 2.05) is 55.8 Å². The summed E-state index contributed by atoms with van der Waals surface area (Å²) in [6, 6.07) is 9.57. The maximum atomic E-state index is 12.0. The number of aryl methyl sites for hydroxylation is 2. The second-order valence-electron chi connectivity index (χ2n) is 6.81. The maximum absolute atomic E-state index is 12.0. The van der Waals surface area contributed by atoms with Gasteiger partial charge in [0, 0.05) is 17.9 Å². The quantitative estimate of drug-likeness (QED) is 0.722. The topological polar surface area (TPSA) is 79.2 Å². The van der Waals surface area contributed by atoms with Gasteiger partial charge in [-0.05, 0) is 56.9 Å². The number of benzene rings is 1. The Morgan fingerprint density at radius 2 is 2.04 bits per heavy atom. The molecular weight excluding hydrogens is 316 g/mol. The summed E-state index contributed by atoms with van der Waals surface area (Å²) in [5.41, 5.74) is 3.93. The van der Waals surface area contributed by atoms with Crippen molar-refractivity contribution in [1.29, 1.82) is 0 Å². The van der Waals surface area contributed by atoms with Gasteiger partial charge in [0.1, 0.15) is 0 Å². The van der Waals surface area contributed by atoms with Crippen LogP contribution >= 0.6 is 0 Å². The van der Waals surface area contributed by atoms with Crippen LogP contribution in [0.2, 0.25) is 0 Å². The van der Waals surface area contributed by atoms with E-state index in [2.05, 4.69) is 15.7 Å². The Morgan fingerprint density at radius 1 is 1.28 bits per heavy atom. The smallest absolute Gasteiger partial charge is 0.319 e. The standard InChI is InChI=1S/C19H28N4O2/c1-13(8-16(4)24)11-20-19(25)21-18-7-5-6-17(10-18)12-23-15(3)9-14(2)22-23/h5-7,9-10,13,16,24H,8,11-12H2,1-4H3,(H2,20,21,25). The fraction of sp³-hybridized carbons (Fsp3) is 0.474. The van der Waals surface area contributed by atoms with Crippen molar-refractivity contribution in [3.63, 3.8) is 0 Å². The van der Waals surface area contributed by atoms with Crippen molar-refractivity contribution in [2.24, 2.45) is 5.92 Å². The third-order valence-electron chi connectivity index (χ3n) is 3.98. The van der Waals surface area contributed by atoms with E-state index >= 15 is 0 Å². The lowest BCUT2D eigenvalue weighted by molar-refractivity contribution is 0.163. The van der Waals surface area contributed by atoms with Crippen LogP contribution in [0.4, 0.5) is 10.5 Å². The normalized spacial score (nSPS) is 13.3. The second-order valence-corrected chi connectivity index (χ2v) is 6.81. The predicted molar refractivity (Wildman–Crippen MR) is 99.7 cm³/mol. The first kappa shape index (κ1) is 19.0. The number of carbonyl (C=O) groups excluding carboxylic acids is 1. The van der Waals surface area contributed by atoms with E-state index in [4.69, 9.17) is 0 Å². The van der Waals surface area contributed by atoms with Crippen molar-refractivity contribution >= 4 is 11.7 Å². The number of aliphatic hydroxyl groups is 1. The zero-order valence-corrected chi connectivity index (χ0v) is 15.4. The van der Waals surface area contributed by atoms with E-state index in [1.165, 1.54) is 0 Å². The van der Waals surface area contributed by atoms with Gasteiger partial charge < -0.3 is 15.7 Å². The summed E-state index contributed by atoms with van der Waals surface area (Å²) in [7, 11) is 0. The van der Waals surface area contributed by atoms with Gasteiger partial charge >= 0.3 is 6.03 Å². The molecule has 0 saturated heterocycles. The molecule has 0 aliphatic heterocycles. The lowest BCUT2D eigenvalue weighted by Crippen LogP contribution is -2.33. The summed E-state index contributed by atoms with van der Waals surface area (Å²) in [6.07, 6.45) is 0.309. The highest BCUT2D eigenvalue weighted by Crippen LogP contribution is 2.13. The number of hydrogen-bond donors (Lipinski definition) is 3. The monoisotopic (exact) mass is 344 g/mol. The van der Waals surface area contributed by atoms with E-state index in [0.717, 1.165) is 22.6 Å². The average Bonchev–Trinajstić information content (AvgIpc) is 2.82. The van der Waals surface area contributed by atoms with Crippen molar-refractivity contribution in [2.75, 3.05) is 11.9 Å². The molecule has 1 aromatic heterocycles. The summed E-state index contributed by atoms with van der Waals surface area (Å²) < 4.78 is 1.95. The van der Waals surface area contributed by atoms with Crippen molar-refractivity contribution in [3.05, 3.63) is 47.3 Å². The number of carbonyl (C=O) groups is 1. The van der Waals surface area contributed by atoms with Gasteiger partial charge in [0.15, 0.2) is 0 Å². The van der Waals surface area contributed by atoms with Crippen molar-refractivity contribution in [3.8, 4) is 0 Å². The molecule has 2 unspecified atom stereocenters. The summed E-state index contributed by atoms with van der Waals surface area (Å²) in [6.45, 7) is 8.96. The molecule has 0 bridgehead atoms. The van der Waals surface area contributed by atoms with Gasteiger partial charge in [0.2, 0.25) is 0 Å². The second kappa shape index (κ2) is 8.67. The number of nitrogens with zero attached hydrogens (tertiary/aromatic N) is 2. The molecule has 1 aromatic carbocycles. The van der Waals surface area contributed by atoms with Crippen LogP contribution in [0.1, 0.15) is 37.2 Å². The Morgan fingerprint density at radius 3 is 2.68 bits per heavy atom. The van der Waals surface area contributed by atoms with Crippen LogP contribution in [0.3, 0.4) is 0 Å². The molecule has 2 aromatic rings. The molecule has 136 valence electrons. The summed E-state index contributed by atoms with van der Waals surface area (Å²) in [5, 5.41) is 19.5. The third-order valence-corrected chi connectivity index (χ3v) is 3.98. The Labute approximate surface area is 149 Å². The molecule has 0 fully saturated rings. The number of urea groups is 1. The van der Waals surface area contributed by atoms with Crippen molar-refractivity contribution in [2.45, 2.75) is 46.8 Å². The number of aromatic nitrogens is 2. The van der Waals surface area contributed by atoms with Crippen LogP contribution in [0.15, 0.2) is 30.3 Å². The number of amides is 2. The zero-order chi connectivity index (χ0) is 18.4. The van der Waals surface area contributed by atoms with Crippen LogP contribution in [0.25, 0.3) is 0 Å². The summed E-state index contributed by atoms with van der Waals surface area (Å²) >= 11 is 0. The van der Waals surface area contributed by atoms with E-state index in [1.54, 1.807) is 6.92 Å². The Balaban J connectivity index is 1.90. The predicted octanol–water partition coefficient (Wildman–Crippen LogP) is 3.08. The van der Waals surface area contributed by atoms with Gasteiger partial charge in [0.05, 0.1) is 18.3 Å². The highest BCUT2D eigenvalue weighted by atomic mass is 16.3. The van der Waals surface area contributed by atoms with E-state index in [0.29, 0.717) is 19.5 Å². The summed E-state index contributed by atoms with van der Waals surface area (Å²) in [5.74, 6) is 0.225. The van der Waals surface area contributed by atoms with Gasteiger partial charge in [-0.25, -0.2) is 4.79 Å². The molecule has 6 heteroatoms. The molecule has 0 spiro atoms. The van der Waals surface area contributed by atoms with Gasteiger partial charge in [-0.3, -0.25) is 4.68 Å². The molecule has 2 rings (SSSR count). The van der Waals surface area contributed by atoms with Gasteiger partial charge in [-0.1, -0.05) is 19.1 Å². The first-order valence-corrected chi connectivity index (χ1v) is 8.66. The van der Waals surface area contributed by atoms with Crippen LogP contribution in [-0.4, -0.2) is 33.6 Å². The van der Waals surface area contributed by atoms with Gasteiger partial charge in [-0.15, -0.1) is 0 Å². The number of anilines is 1. The Bertz CT molecular complexity index is 709. The first-order chi connectivity index (χ1) is 11.8. The zero-order valence-electron chi connectivity index (χ0n) is 15.4. The number of hydrogen-bond acceptors (Lipinski definition) is 3. The van der Waals surface area contributed by atoms with Crippen LogP contribution < -0.4 is 10.6 Å². The van der Waals surface area contributed by atoms with Crippen molar-refractivity contribution < 1.29 is 9.90 Å². The fourth-order valence-corrected chi connectivity index (χ4v) is 2.86. The minimum Gasteiger partial charge on any atom is -0.393 e. The molecule has 25 heavy (non-hydrogen) atoms. The highest BCUT2D eigenvalue weighted by Gasteiger charge is 2.09. The van der Waals surface area contributed by atoms with Crippen LogP contribution in [0, 0.1) is 19.8 Å². The minimum atomic E-state index is -0.356. The molecule has 0 saturated carbocycles. The Hall–Kier alpha value is -2.34. The molecule has 3 N–H and O–H groups in total. The molecule has 0 aliphatic rings. The summed E-state index contributed by atoms with van der Waals surface area (Å²) in [4.78, 5) is 12.0. The minimum absolute atomic E-state index is 0.225.